The number of carbonyl (C=O) groups excluding carboxylic acids is 1. The van der Waals surface area contributed by atoms with Gasteiger partial charge in [-0.1, -0.05) is 222 Å². The van der Waals surface area contributed by atoms with Crippen LogP contribution in [0.15, 0.2) is 72.9 Å². The molecule has 0 amide bonds. The zero-order chi connectivity index (χ0) is 39.5. The summed E-state index contributed by atoms with van der Waals surface area (Å²) in [5.74, 6) is -0.614. The molecule has 0 aliphatic rings. The van der Waals surface area contributed by atoms with E-state index in [4.69, 9.17) is 20.5 Å². The van der Waals surface area contributed by atoms with Crippen LogP contribution in [0.3, 0.4) is 0 Å². The van der Waals surface area contributed by atoms with Crippen LogP contribution >= 0.6 is 7.82 Å². The molecule has 0 aromatic carbocycles. The van der Waals surface area contributed by atoms with Gasteiger partial charge in [0.1, 0.15) is 12.2 Å². The largest absolute Gasteiger partial charge is 0.473 e. The molecule has 0 heterocycles. The van der Waals surface area contributed by atoms with E-state index in [0.29, 0.717) is 0 Å². The first-order chi connectivity index (χ1) is 25.8. The number of phosphoric acid groups is 1. The normalized spacial score (nSPS) is 14.6. The lowest BCUT2D eigenvalue weighted by Crippen LogP contribution is -2.31. The fraction of sp³-hybridized carbons (Fsp3) is 0.705. The minimum Gasteiger partial charge on any atom is -0.394 e. The van der Waals surface area contributed by atoms with E-state index >= 15 is 0 Å². The third kappa shape index (κ3) is 42.7. The quantitative estimate of drug-likeness (QED) is 0.0214. The van der Waals surface area contributed by atoms with Crippen LogP contribution in [-0.2, 0) is 18.4 Å². The van der Waals surface area contributed by atoms with Crippen LogP contribution in [0.25, 0.3) is 0 Å². The summed E-state index contributed by atoms with van der Waals surface area (Å²) in [6.07, 6.45) is 51.1. The monoisotopic (exact) mass is 766 g/mol. The smallest absolute Gasteiger partial charge is 0.394 e. The van der Waals surface area contributed by atoms with Crippen LogP contribution in [0.5, 0.6) is 0 Å². The van der Waals surface area contributed by atoms with Crippen molar-refractivity contribution in [1.29, 1.82) is 0 Å². The SMILES string of the molecule is CCCCCCCCCC=CC=CC=CC=CC=CC=CC(=O)C(CN)OP(=O)(O)OCC(O)CO.CCCCCCCCCCCCCCCCC. The summed E-state index contributed by atoms with van der Waals surface area (Å²) in [5, 5.41) is 17.8. The number of carbonyl (C=O) groups is 1. The zero-order valence-electron chi connectivity index (χ0n) is 34.0. The Morgan fingerprint density at radius 3 is 1.34 bits per heavy atom. The molecule has 3 unspecified atom stereocenters. The van der Waals surface area contributed by atoms with Gasteiger partial charge in [0.2, 0.25) is 0 Å². The Hall–Kier alpha value is -1.90. The molecule has 308 valence electrons. The van der Waals surface area contributed by atoms with E-state index in [1.54, 1.807) is 18.2 Å². The average Bonchev–Trinajstić information content (AvgIpc) is 3.15. The Morgan fingerprint density at radius 1 is 0.604 bits per heavy atom. The second-order valence-corrected chi connectivity index (χ2v) is 15.1. The Kier molecular flexibility index (Phi) is 43.0. The molecule has 0 rings (SSSR count). The predicted molar refractivity (Wildman–Crippen MR) is 226 cm³/mol. The van der Waals surface area contributed by atoms with E-state index < -0.39 is 39.0 Å². The number of rotatable bonds is 36. The first kappa shape index (κ1) is 53.2. The van der Waals surface area contributed by atoms with Crippen molar-refractivity contribution < 1.29 is 33.5 Å². The summed E-state index contributed by atoms with van der Waals surface area (Å²) in [6.45, 7) is 5.21. The van der Waals surface area contributed by atoms with E-state index in [0.717, 1.165) is 6.42 Å². The maximum Gasteiger partial charge on any atom is 0.473 e. The highest BCUT2D eigenvalue weighted by Crippen LogP contribution is 2.44. The molecule has 0 spiro atoms. The molecule has 0 saturated heterocycles. The summed E-state index contributed by atoms with van der Waals surface area (Å²) >= 11 is 0. The number of ketones is 1. The summed E-state index contributed by atoms with van der Waals surface area (Å²) < 4.78 is 21.1. The maximum absolute atomic E-state index is 12.1. The highest BCUT2D eigenvalue weighted by Gasteiger charge is 2.30. The first-order valence-electron chi connectivity index (χ1n) is 21.0. The van der Waals surface area contributed by atoms with Crippen molar-refractivity contribution in [2.75, 3.05) is 19.8 Å². The Labute approximate surface area is 325 Å². The Morgan fingerprint density at radius 2 is 0.962 bits per heavy atom. The van der Waals surface area contributed by atoms with Crippen molar-refractivity contribution in [2.45, 2.75) is 181 Å². The van der Waals surface area contributed by atoms with E-state index in [1.807, 2.05) is 30.4 Å². The second kappa shape index (κ2) is 42.8. The number of unbranched alkanes of at least 4 members (excludes halogenated alkanes) is 21. The van der Waals surface area contributed by atoms with Crippen LogP contribution in [0.4, 0.5) is 0 Å². The van der Waals surface area contributed by atoms with Gasteiger partial charge in [0.15, 0.2) is 5.78 Å². The predicted octanol–water partition coefficient (Wildman–Crippen LogP) is 11.7. The van der Waals surface area contributed by atoms with Crippen molar-refractivity contribution in [1.82, 2.24) is 0 Å². The molecule has 0 aliphatic heterocycles. The highest BCUT2D eigenvalue weighted by atomic mass is 31.2. The fourth-order valence-corrected chi connectivity index (χ4v) is 6.18. The van der Waals surface area contributed by atoms with Crippen molar-refractivity contribution in [2.24, 2.45) is 5.73 Å². The van der Waals surface area contributed by atoms with Gasteiger partial charge in [-0.3, -0.25) is 13.8 Å². The minimum absolute atomic E-state index is 0.337. The number of nitrogens with two attached hydrogens (primary N) is 1. The molecule has 0 aromatic rings. The van der Waals surface area contributed by atoms with Crippen molar-refractivity contribution in [3.63, 3.8) is 0 Å². The van der Waals surface area contributed by atoms with E-state index in [1.165, 1.54) is 153 Å². The van der Waals surface area contributed by atoms with E-state index in [9.17, 15) is 14.3 Å². The molecule has 0 fully saturated rings. The van der Waals surface area contributed by atoms with Crippen molar-refractivity contribution in [3.05, 3.63) is 72.9 Å². The topological polar surface area (TPSA) is 139 Å². The first-order valence-corrected chi connectivity index (χ1v) is 22.5. The third-order valence-corrected chi connectivity index (χ3v) is 9.51. The van der Waals surface area contributed by atoms with Gasteiger partial charge in [-0.15, -0.1) is 0 Å². The molecule has 0 radical (unpaired) electrons. The van der Waals surface area contributed by atoms with Crippen LogP contribution in [0.1, 0.15) is 168 Å². The van der Waals surface area contributed by atoms with Gasteiger partial charge in [-0.25, -0.2) is 4.57 Å². The summed E-state index contributed by atoms with van der Waals surface area (Å²) in [7, 11) is -4.62. The second-order valence-electron chi connectivity index (χ2n) is 13.7. The average molecular weight is 766 g/mol. The fourth-order valence-electron chi connectivity index (χ4n) is 5.24. The van der Waals surface area contributed by atoms with Gasteiger partial charge in [-0.05, 0) is 18.9 Å². The molecule has 0 aliphatic carbocycles. The standard InChI is InChI=1S/C27H44NO7P.C17H36/c1-2-3-4-5-6-7-8-9-10-11-12-13-14-15-16-17-18-19-20-21-26(31)27(22-28)35-36(32,33)34-24-25(30)23-29;1-3-5-7-9-11-13-15-17-16-14-12-10-8-6-4-2/h10-21,25,27,29-30H,2-9,22-24,28H2,1H3,(H,32,33);3-17H2,1-2H3. The molecule has 3 atom stereocenters. The van der Waals surface area contributed by atoms with E-state index in [-0.39, 0.29) is 6.54 Å². The summed E-state index contributed by atoms with van der Waals surface area (Å²) in [6, 6.07) is 0. The summed E-state index contributed by atoms with van der Waals surface area (Å²) in [4.78, 5) is 21.7. The molecule has 5 N–H and O–H groups in total. The van der Waals surface area contributed by atoms with Crippen molar-refractivity contribution >= 4 is 13.6 Å². The molecule has 0 saturated carbocycles. The maximum atomic E-state index is 12.1. The number of allylic oxidation sites excluding steroid dienone is 11. The van der Waals surface area contributed by atoms with Gasteiger partial charge < -0.3 is 20.8 Å². The lowest BCUT2D eigenvalue weighted by molar-refractivity contribution is -0.121. The van der Waals surface area contributed by atoms with Crippen LogP contribution < -0.4 is 5.73 Å². The van der Waals surface area contributed by atoms with Crippen LogP contribution in [0.2, 0.25) is 0 Å². The molecule has 9 heteroatoms. The lowest BCUT2D eigenvalue weighted by atomic mass is 10.0. The molecule has 0 aromatic heterocycles. The van der Waals surface area contributed by atoms with Crippen LogP contribution in [0, 0.1) is 0 Å². The van der Waals surface area contributed by atoms with Crippen LogP contribution in [-0.4, -0.2) is 52.9 Å². The molecular weight excluding hydrogens is 685 g/mol. The van der Waals surface area contributed by atoms with Gasteiger partial charge in [0.25, 0.3) is 0 Å². The Bertz CT molecular complexity index is 1010. The summed E-state index contributed by atoms with van der Waals surface area (Å²) in [5.41, 5.74) is 5.43. The number of phosphoric ester groups is 1. The highest BCUT2D eigenvalue weighted by molar-refractivity contribution is 7.47. The Balaban J connectivity index is 0. The molecular formula is C44H80NO7P. The molecule has 0 bridgehead atoms. The van der Waals surface area contributed by atoms with Gasteiger partial charge >= 0.3 is 7.82 Å². The number of hydrogen-bond acceptors (Lipinski definition) is 7. The molecule has 8 nitrogen and oxygen atoms in total. The number of aliphatic hydroxyl groups excluding tert-OH is 2. The van der Waals surface area contributed by atoms with Crippen molar-refractivity contribution in [3.8, 4) is 0 Å². The third-order valence-electron chi connectivity index (χ3n) is 8.51. The van der Waals surface area contributed by atoms with E-state index in [2.05, 4.69) is 37.4 Å². The van der Waals surface area contributed by atoms with Gasteiger partial charge in [0.05, 0.1) is 13.2 Å². The number of hydrogen-bond donors (Lipinski definition) is 4. The molecule has 53 heavy (non-hydrogen) atoms. The van der Waals surface area contributed by atoms with Gasteiger partial charge in [-0.2, -0.15) is 0 Å². The lowest BCUT2D eigenvalue weighted by Gasteiger charge is -2.18. The van der Waals surface area contributed by atoms with Gasteiger partial charge in [0, 0.05) is 6.54 Å². The zero-order valence-corrected chi connectivity index (χ0v) is 34.9. The number of aliphatic hydroxyl groups is 2. The minimum atomic E-state index is -4.62.